The van der Waals surface area contributed by atoms with Gasteiger partial charge in [-0.1, -0.05) is 12.8 Å². The average molecular weight is 222 g/mol. The number of hydrogen-bond acceptors (Lipinski definition) is 2. The zero-order valence-electron chi connectivity index (χ0n) is 9.00. The highest BCUT2D eigenvalue weighted by atomic mass is 19.1. The summed E-state index contributed by atoms with van der Waals surface area (Å²) < 4.78 is 13.5. The molecule has 86 valence electrons. The van der Waals surface area contributed by atoms with Gasteiger partial charge in [-0.3, -0.25) is 4.79 Å². The second-order valence-electron chi connectivity index (χ2n) is 4.18. The number of nitrogens with one attached hydrogen (secondary N) is 1. The summed E-state index contributed by atoms with van der Waals surface area (Å²) in [6.07, 6.45) is 4.46. The highest BCUT2D eigenvalue weighted by Crippen LogP contribution is 2.24. The van der Waals surface area contributed by atoms with Crippen LogP contribution in [-0.2, 0) is 0 Å². The number of rotatable bonds is 3. The summed E-state index contributed by atoms with van der Waals surface area (Å²) in [6, 6.07) is 4.47. The molecule has 2 rings (SSSR count). The van der Waals surface area contributed by atoms with Gasteiger partial charge in [-0.05, 0) is 31.0 Å². The molecule has 0 unspecified atom stereocenters. The predicted molar refractivity (Wildman–Crippen MR) is 60.8 cm³/mol. The Morgan fingerprint density at radius 1 is 1.38 bits per heavy atom. The average Bonchev–Trinajstić information content (AvgIpc) is 2.73. The maximum atomic E-state index is 13.5. The van der Waals surface area contributed by atoms with Crippen LogP contribution in [0.2, 0.25) is 0 Å². The Balaban J connectivity index is 2.17. The first kappa shape index (κ1) is 10.9. The van der Waals surface area contributed by atoms with Crippen molar-refractivity contribution in [1.29, 1.82) is 0 Å². The molecule has 16 heavy (non-hydrogen) atoms. The van der Waals surface area contributed by atoms with Crippen LogP contribution in [0.5, 0.6) is 0 Å². The minimum atomic E-state index is -0.533. The fourth-order valence-electron chi connectivity index (χ4n) is 2.08. The van der Waals surface area contributed by atoms with E-state index in [0.717, 1.165) is 12.8 Å². The lowest BCUT2D eigenvalue weighted by atomic mass is 10.1. The Morgan fingerprint density at radius 3 is 2.69 bits per heavy atom. The highest BCUT2D eigenvalue weighted by Gasteiger charge is 2.16. The molecule has 0 saturated heterocycles. The number of anilines is 1. The number of amides is 1. The molecule has 0 heterocycles. The van der Waals surface area contributed by atoms with Crippen molar-refractivity contribution in [3.63, 3.8) is 0 Å². The molecule has 0 bridgehead atoms. The van der Waals surface area contributed by atoms with Gasteiger partial charge in [-0.25, -0.2) is 4.39 Å². The van der Waals surface area contributed by atoms with Crippen molar-refractivity contribution in [3.05, 3.63) is 29.6 Å². The van der Waals surface area contributed by atoms with Crippen LogP contribution in [0.15, 0.2) is 18.2 Å². The molecule has 4 heteroatoms. The minimum Gasteiger partial charge on any atom is -0.380 e. The lowest BCUT2D eigenvalue weighted by Crippen LogP contribution is -2.17. The summed E-state index contributed by atoms with van der Waals surface area (Å²) in [5, 5.41) is 3.12. The third-order valence-corrected chi connectivity index (χ3v) is 2.97. The molecule has 0 spiro atoms. The molecule has 1 aliphatic carbocycles. The zero-order valence-corrected chi connectivity index (χ0v) is 9.00. The van der Waals surface area contributed by atoms with Gasteiger partial charge in [-0.2, -0.15) is 0 Å². The van der Waals surface area contributed by atoms with E-state index in [2.05, 4.69) is 5.32 Å². The van der Waals surface area contributed by atoms with Crippen LogP contribution in [0, 0.1) is 5.82 Å². The van der Waals surface area contributed by atoms with Crippen LogP contribution in [-0.4, -0.2) is 11.9 Å². The quantitative estimate of drug-likeness (QED) is 0.824. The molecule has 0 aliphatic heterocycles. The number of nitrogens with two attached hydrogens (primary N) is 1. The van der Waals surface area contributed by atoms with Crippen molar-refractivity contribution >= 4 is 11.6 Å². The number of benzene rings is 1. The first-order valence-electron chi connectivity index (χ1n) is 5.52. The first-order valence-corrected chi connectivity index (χ1v) is 5.52. The molecular formula is C12H15FN2O. The van der Waals surface area contributed by atoms with E-state index in [1.807, 2.05) is 0 Å². The summed E-state index contributed by atoms with van der Waals surface area (Å²) in [5.74, 6) is -0.869. The lowest BCUT2D eigenvalue weighted by Gasteiger charge is -2.14. The van der Waals surface area contributed by atoms with Gasteiger partial charge in [0.2, 0.25) is 5.91 Å². The van der Waals surface area contributed by atoms with E-state index in [1.165, 1.54) is 31.0 Å². The predicted octanol–water partition coefficient (Wildman–Crippen LogP) is 2.28. The number of halogens is 1. The Hall–Kier alpha value is -1.58. The fourth-order valence-corrected chi connectivity index (χ4v) is 2.08. The molecule has 1 saturated carbocycles. The largest absolute Gasteiger partial charge is 0.380 e. The molecule has 0 aromatic heterocycles. The van der Waals surface area contributed by atoms with Gasteiger partial charge in [0.05, 0.1) is 5.69 Å². The smallest absolute Gasteiger partial charge is 0.248 e. The van der Waals surface area contributed by atoms with Crippen molar-refractivity contribution in [2.75, 3.05) is 5.32 Å². The summed E-state index contributed by atoms with van der Waals surface area (Å²) >= 11 is 0. The lowest BCUT2D eigenvalue weighted by molar-refractivity contribution is 0.100. The van der Waals surface area contributed by atoms with Crippen molar-refractivity contribution in [2.24, 2.45) is 5.73 Å². The third kappa shape index (κ3) is 2.32. The molecule has 1 aliphatic rings. The van der Waals surface area contributed by atoms with E-state index >= 15 is 0 Å². The van der Waals surface area contributed by atoms with Crippen molar-refractivity contribution in [2.45, 2.75) is 31.7 Å². The van der Waals surface area contributed by atoms with Crippen molar-refractivity contribution in [1.82, 2.24) is 0 Å². The monoisotopic (exact) mass is 222 g/mol. The number of carbonyl (C=O) groups excluding carboxylic acids is 1. The normalized spacial score (nSPS) is 16.3. The minimum absolute atomic E-state index is 0.317. The fraction of sp³-hybridized carbons (Fsp3) is 0.417. The SMILES string of the molecule is NC(=O)c1ccc(F)c(NC2CCCC2)c1. The van der Waals surface area contributed by atoms with Gasteiger partial charge in [0.1, 0.15) is 5.82 Å². The Bertz CT molecular complexity index is 400. The van der Waals surface area contributed by atoms with Gasteiger partial charge >= 0.3 is 0 Å². The van der Waals surface area contributed by atoms with Crippen LogP contribution in [0.4, 0.5) is 10.1 Å². The summed E-state index contributed by atoms with van der Waals surface area (Å²) in [7, 11) is 0. The van der Waals surface area contributed by atoms with E-state index < -0.39 is 5.91 Å². The molecule has 3 nitrogen and oxygen atoms in total. The molecule has 1 fully saturated rings. The third-order valence-electron chi connectivity index (χ3n) is 2.97. The van der Waals surface area contributed by atoms with Gasteiger partial charge in [0.25, 0.3) is 0 Å². The van der Waals surface area contributed by atoms with E-state index in [9.17, 15) is 9.18 Å². The summed E-state index contributed by atoms with van der Waals surface area (Å²) in [5.41, 5.74) is 5.86. The molecule has 0 atom stereocenters. The highest BCUT2D eigenvalue weighted by molar-refractivity contribution is 5.93. The molecular weight excluding hydrogens is 207 g/mol. The van der Waals surface area contributed by atoms with Crippen LogP contribution in [0.25, 0.3) is 0 Å². The molecule has 0 radical (unpaired) electrons. The van der Waals surface area contributed by atoms with E-state index in [0.29, 0.717) is 17.3 Å². The second-order valence-corrected chi connectivity index (χ2v) is 4.18. The van der Waals surface area contributed by atoms with Gasteiger partial charge in [-0.15, -0.1) is 0 Å². The maximum absolute atomic E-state index is 13.5. The molecule has 3 N–H and O–H groups in total. The van der Waals surface area contributed by atoms with Crippen LogP contribution in [0.3, 0.4) is 0 Å². The second kappa shape index (κ2) is 4.51. The van der Waals surface area contributed by atoms with Gasteiger partial charge in [0.15, 0.2) is 0 Å². The van der Waals surface area contributed by atoms with Crippen LogP contribution in [0.1, 0.15) is 36.0 Å². The van der Waals surface area contributed by atoms with Gasteiger partial charge in [0, 0.05) is 11.6 Å². The zero-order chi connectivity index (χ0) is 11.5. The van der Waals surface area contributed by atoms with Crippen LogP contribution >= 0.6 is 0 Å². The summed E-state index contributed by atoms with van der Waals surface area (Å²) in [6.45, 7) is 0. The van der Waals surface area contributed by atoms with E-state index in [-0.39, 0.29) is 5.82 Å². The standard InChI is InChI=1S/C12H15FN2O/c13-10-6-5-8(12(14)16)7-11(10)15-9-3-1-2-4-9/h5-7,9,15H,1-4H2,(H2,14,16). The maximum Gasteiger partial charge on any atom is 0.248 e. The molecule has 1 aromatic carbocycles. The number of carbonyl (C=O) groups is 1. The van der Waals surface area contributed by atoms with E-state index in [4.69, 9.17) is 5.73 Å². The first-order chi connectivity index (χ1) is 7.66. The Kier molecular flexibility index (Phi) is 3.08. The van der Waals surface area contributed by atoms with Crippen LogP contribution < -0.4 is 11.1 Å². The van der Waals surface area contributed by atoms with Gasteiger partial charge < -0.3 is 11.1 Å². The summed E-state index contributed by atoms with van der Waals surface area (Å²) in [4.78, 5) is 11.0. The topological polar surface area (TPSA) is 55.1 Å². The van der Waals surface area contributed by atoms with Crippen molar-refractivity contribution < 1.29 is 9.18 Å². The number of hydrogen-bond donors (Lipinski definition) is 2. The number of primary amides is 1. The molecule has 1 amide bonds. The molecule has 1 aromatic rings. The Labute approximate surface area is 93.8 Å². The van der Waals surface area contributed by atoms with E-state index in [1.54, 1.807) is 0 Å². The van der Waals surface area contributed by atoms with Crippen molar-refractivity contribution in [3.8, 4) is 0 Å². The Morgan fingerprint density at radius 2 is 2.06 bits per heavy atom.